The van der Waals surface area contributed by atoms with Gasteiger partial charge in [0.2, 0.25) is 15.9 Å². The third kappa shape index (κ3) is 5.79. The van der Waals surface area contributed by atoms with Gasteiger partial charge in [0.15, 0.2) is 0 Å². The molecule has 1 N–H and O–H groups in total. The fraction of sp³-hybridized carbons (Fsp3) is 0.500. The van der Waals surface area contributed by atoms with E-state index in [-0.39, 0.29) is 23.3 Å². The predicted molar refractivity (Wildman–Crippen MR) is 132 cm³/mol. The quantitative estimate of drug-likeness (QED) is 0.624. The van der Waals surface area contributed by atoms with Crippen molar-refractivity contribution in [2.45, 2.75) is 56.6 Å². The molecule has 4 rings (SSSR count). The highest BCUT2D eigenvalue weighted by Crippen LogP contribution is 2.40. The van der Waals surface area contributed by atoms with E-state index in [0.29, 0.717) is 50.5 Å². The fourth-order valence-corrected chi connectivity index (χ4v) is 6.12. The smallest absolute Gasteiger partial charge is 0.243 e. The lowest BCUT2D eigenvalue weighted by molar-refractivity contribution is -0.122. The standard InChI is InChI=1S/C26H34N2O6S/c1-18-5-8-24-21(15-18)22(17-26(2,3)34-24)27-25(29)10-6-19-16-20(7-9-23(19)32-4)35(30,31)28-11-13-33-14-12-28/h5,7-9,15-16,22H,6,10-14,17H2,1-4H3,(H,27,29). The molecule has 0 aliphatic carbocycles. The van der Waals surface area contributed by atoms with Crippen LogP contribution in [0.4, 0.5) is 0 Å². The Morgan fingerprint density at radius 2 is 1.91 bits per heavy atom. The van der Waals surface area contributed by atoms with Crippen molar-refractivity contribution in [3.8, 4) is 11.5 Å². The number of benzene rings is 2. The van der Waals surface area contributed by atoms with Crippen molar-refractivity contribution in [2.75, 3.05) is 33.4 Å². The molecule has 35 heavy (non-hydrogen) atoms. The molecule has 0 spiro atoms. The van der Waals surface area contributed by atoms with Crippen LogP contribution in [0.15, 0.2) is 41.3 Å². The van der Waals surface area contributed by atoms with Crippen LogP contribution >= 0.6 is 0 Å². The first-order valence-electron chi connectivity index (χ1n) is 11.9. The number of nitrogens with one attached hydrogen (secondary N) is 1. The SMILES string of the molecule is COc1ccc(S(=O)(=O)N2CCOCC2)cc1CCC(=O)NC1CC(C)(C)Oc2ccc(C)cc21. The molecule has 2 aromatic carbocycles. The van der Waals surface area contributed by atoms with Crippen molar-refractivity contribution < 1.29 is 27.4 Å². The summed E-state index contributed by atoms with van der Waals surface area (Å²) in [5.74, 6) is 1.25. The largest absolute Gasteiger partial charge is 0.496 e. The molecule has 2 heterocycles. The fourth-order valence-electron chi connectivity index (χ4n) is 4.66. The molecule has 0 bridgehead atoms. The first-order valence-corrected chi connectivity index (χ1v) is 13.4. The monoisotopic (exact) mass is 502 g/mol. The van der Waals surface area contributed by atoms with Crippen molar-refractivity contribution in [2.24, 2.45) is 0 Å². The van der Waals surface area contributed by atoms with Gasteiger partial charge in [0.1, 0.15) is 17.1 Å². The van der Waals surface area contributed by atoms with Crippen LogP contribution in [0.1, 0.15) is 49.4 Å². The normalized spacial score (nSPS) is 19.9. The van der Waals surface area contributed by atoms with Gasteiger partial charge in [0, 0.05) is 31.5 Å². The number of amides is 1. The molecular weight excluding hydrogens is 468 g/mol. The minimum atomic E-state index is -3.64. The molecule has 9 heteroatoms. The average molecular weight is 503 g/mol. The first-order chi connectivity index (χ1) is 16.6. The van der Waals surface area contributed by atoms with Gasteiger partial charge in [0.05, 0.1) is 31.3 Å². The number of hydrogen-bond donors (Lipinski definition) is 1. The molecule has 190 valence electrons. The highest BCUT2D eigenvalue weighted by molar-refractivity contribution is 7.89. The second kappa shape index (κ2) is 10.2. The predicted octanol–water partition coefficient (Wildman–Crippen LogP) is 3.38. The second-order valence-corrected chi connectivity index (χ2v) is 11.7. The number of ether oxygens (including phenoxy) is 3. The number of hydrogen-bond acceptors (Lipinski definition) is 6. The minimum Gasteiger partial charge on any atom is -0.496 e. The Hall–Kier alpha value is -2.62. The van der Waals surface area contributed by atoms with Gasteiger partial charge >= 0.3 is 0 Å². The number of fused-ring (bicyclic) bond motifs is 1. The van der Waals surface area contributed by atoms with Crippen LogP contribution < -0.4 is 14.8 Å². The molecule has 2 aliphatic heterocycles. The summed E-state index contributed by atoms with van der Waals surface area (Å²) >= 11 is 0. The number of carbonyl (C=O) groups is 1. The number of morpholine rings is 1. The summed E-state index contributed by atoms with van der Waals surface area (Å²) in [5, 5.41) is 3.16. The van der Waals surface area contributed by atoms with Gasteiger partial charge in [-0.2, -0.15) is 4.31 Å². The minimum absolute atomic E-state index is 0.108. The summed E-state index contributed by atoms with van der Waals surface area (Å²) in [5.41, 5.74) is 2.37. The summed E-state index contributed by atoms with van der Waals surface area (Å²) in [6.45, 7) is 7.47. The van der Waals surface area contributed by atoms with Gasteiger partial charge in [-0.05, 0) is 57.0 Å². The number of methoxy groups -OCH3 is 1. The Balaban J connectivity index is 1.48. The van der Waals surface area contributed by atoms with Gasteiger partial charge in [-0.3, -0.25) is 4.79 Å². The number of rotatable bonds is 7. The lowest BCUT2D eigenvalue weighted by Gasteiger charge is -2.38. The first kappa shape index (κ1) is 25.5. The van der Waals surface area contributed by atoms with Crippen LogP contribution in [0, 0.1) is 6.92 Å². The second-order valence-electron chi connectivity index (χ2n) is 9.72. The molecule has 1 unspecified atom stereocenters. The van der Waals surface area contributed by atoms with E-state index in [1.54, 1.807) is 25.3 Å². The molecule has 0 aromatic heterocycles. The molecule has 2 aliphatic rings. The van der Waals surface area contributed by atoms with Gasteiger partial charge in [-0.25, -0.2) is 8.42 Å². The van der Waals surface area contributed by atoms with E-state index >= 15 is 0 Å². The molecular formula is C26H34N2O6S. The zero-order valence-corrected chi connectivity index (χ0v) is 21.6. The van der Waals surface area contributed by atoms with E-state index in [2.05, 4.69) is 11.4 Å². The zero-order valence-electron chi connectivity index (χ0n) is 20.8. The summed E-state index contributed by atoms with van der Waals surface area (Å²) in [4.78, 5) is 13.2. The van der Waals surface area contributed by atoms with E-state index in [0.717, 1.165) is 16.9 Å². The maximum Gasteiger partial charge on any atom is 0.243 e. The molecule has 1 amide bonds. The van der Waals surface area contributed by atoms with Crippen LogP contribution in [-0.2, 0) is 26.0 Å². The number of nitrogens with zero attached hydrogens (tertiary/aromatic N) is 1. The highest BCUT2D eigenvalue weighted by Gasteiger charge is 2.34. The van der Waals surface area contributed by atoms with E-state index in [9.17, 15) is 13.2 Å². The zero-order chi connectivity index (χ0) is 25.2. The van der Waals surface area contributed by atoms with E-state index < -0.39 is 15.6 Å². The van der Waals surface area contributed by atoms with Gasteiger partial charge in [-0.15, -0.1) is 0 Å². The Labute approximate surface area is 207 Å². The van der Waals surface area contributed by atoms with E-state index in [1.807, 2.05) is 32.9 Å². The molecule has 1 fully saturated rings. The van der Waals surface area contributed by atoms with Crippen LogP contribution in [0.2, 0.25) is 0 Å². The van der Waals surface area contributed by atoms with Gasteiger partial charge in [-0.1, -0.05) is 17.7 Å². The topological polar surface area (TPSA) is 94.2 Å². The molecule has 1 atom stereocenters. The maximum atomic E-state index is 13.1. The highest BCUT2D eigenvalue weighted by atomic mass is 32.2. The lowest BCUT2D eigenvalue weighted by Crippen LogP contribution is -2.41. The van der Waals surface area contributed by atoms with Crippen molar-refractivity contribution in [1.29, 1.82) is 0 Å². The molecule has 8 nitrogen and oxygen atoms in total. The van der Waals surface area contributed by atoms with Crippen molar-refractivity contribution >= 4 is 15.9 Å². The Morgan fingerprint density at radius 1 is 1.17 bits per heavy atom. The molecule has 0 radical (unpaired) electrons. The Bertz CT molecular complexity index is 1190. The summed E-state index contributed by atoms with van der Waals surface area (Å²) in [6.07, 6.45) is 1.22. The number of aryl methyl sites for hydroxylation is 2. The summed E-state index contributed by atoms with van der Waals surface area (Å²) in [7, 11) is -2.10. The third-order valence-corrected chi connectivity index (χ3v) is 8.33. The van der Waals surface area contributed by atoms with Gasteiger partial charge < -0.3 is 19.5 Å². The van der Waals surface area contributed by atoms with Crippen LogP contribution in [0.5, 0.6) is 11.5 Å². The molecule has 2 aromatic rings. The van der Waals surface area contributed by atoms with Crippen LogP contribution in [-0.4, -0.2) is 57.6 Å². The molecule has 0 saturated carbocycles. The Kier molecular flexibility index (Phi) is 7.40. The Morgan fingerprint density at radius 3 is 2.63 bits per heavy atom. The van der Waals surface area contributed by atoms with Crippen molar-refractivity contribution in [3.63, 3.8) is 0 Å². The molecule has 1 saturated heterocycles. The average Bonchev–Trinajstić information content (AvgIpc) is 2.83. The van der Waals surface area contributed by atoms with Crippen molar-refractivity contribution in [3.05, 3.63) is 53.1 Å². The van der Waals surface area contributed by atoms with Crippen LogP contribution in [0.3, 0.4) is 0 Å². The number of sulfonamides is 1. The lowest BCUT2D eigenvalue weighted by atomic mass is 9.89. The van der Waals surface area contributed by atoms with E-state index in [1.165, 1.54) is 4.31 Å². The van der Waals surface area contributed by atoms with E-state index in [4.69, 9.17) is 14.2 Å². The van der Waals surface area contributed by atoms with Crippen molar-refractivity contribution in [1.82, 2.24) is 9.62 Å². The summed E-state index contributed by atoms with van der Waals surface area (Å²) in [6, 6.07) is 10.7. The van der Waals surface area contributed by atoms with Crippen LogP contribution in [0.25, 0.3) is 0 Å². The number of carbonyl (C=O) groups excluding carboxylic acids is 1. The summed E-state index contributed by atoms with van der Waals surface area (Å²) < 4.78 is 44.4. The van der Waals surface area contributed by atoms with Gasteiger partial charge in [0.25, 0.3) is 0 Å². The maximum absolute atomic E-state index is 13.1. The third-order valence-electron chi connectivity index (χ3n) is 6.44.